The van der Waals surface area contributed by atoms with E-state index in [1.807, 2.05) is 13.8 Å². The molecule has 0 aliphatic heterocycles. The lowest BCUT2D eigenvalue weighted by atomic mass is 10.2. The number of carbonyl (C=O) groups is 2. The highest BCUT2D eigenvalue weighted by molar-refractivity contribution is 7.15. The van der Waals surface area contributed by atoms with Crippen LogP contribution >= 0.6 is 11.3 Å². The van der Waals surface area contributed by atoms with Crippen LogP contribution in [-0.4, -0.2) is 40.8 Å². The van der Waals surface area contributed by atoms with Crippen molar-refractivity contribution in [3.8, 4) is 0 Å². The maximum Gasteiger partial charge on any atom is 0.429 e. The molecular formula is C15H25N3O4S. The monoisotopic (exact) mass is 343 g/mol. The first-order chi connectivity index (χ1) is 10.6. The van der Waals surface area contributed by atoms with Crippen LogP contribution in [0.15, 0.2) is 6.20 Å². The molecule has 8 heteroatoms. The third-order valence-electron chi connectivity index (χ3n) is 2.86. The number of thiazole rings is 1. The number of esters is 1. The van der Waals surface area contributed by atoms with Crippen LogP contribution in [0.3, 0.4) is 0 Å². The van der Waals surface area contributed by atoms with Gasteiger partial charge in [-0.1, -0.05) is 0 Å². The number of ether oxygens (including phenoxy) is 2. The third kappa shape index (κ3) is 6.85. The minimum absolute atomic E-state index is 0.218. The van der Waals surface area contributed by atoms with E-state index in [4.69, 9.17) is 4.74 Å². The molecule has 1 aromatic rings. The fraction of sp³-hybridized carbons (Fsp3) is 0.667. The molecule has 0 aromatic carbocycles. The highest BCUT2D eigenvalue weighted by Crippen LogP contribution is 2.21. The highest BCUT2D eigenvalue weighted by Gasteiger charge is 2.27. The summed E-state index contributed by atoms with van der Waals surface area (Å²) in [6.07, 6.45) is 1.88. The number of anilines is 1. The molecule has 0 spiro atoms. The molecule has 7 nitrogen and oxygen atoms in total. The van der Waals surface area contributed by atoms with E-state index >= 15 is 0 Å². The van der Waals surface area contributed by atoms with Crippen LogP contribution in [0, 0.1) is 6.92 Å². The van der Waals surface area contributed by atoms with Gasteiger partial charge in [0.05, 0.1) is 13.2 Å². The summed E-state index contributed by atoms with van der Waals surface area (Å²) in [5.74, 6) is -0.314. The van der Waals surface area contributed by atoms with Gasteiger partial charge in [0.15, 0.2) is 0 Å². The van der Waals surface area contributed by atoms with Crippen LogP contribution in [0.4, 0.5) is 9.93 Å². The number of hydrogen-bond acceptors (Lipinski definition) is 7. The average Bonchev–Trinajstić information content (AvgIpc) is 2.85. The Bertz CT molecular complexity index is 539. The first kappa shape index (κ1) is 19.2. The Balaban J connectivity index is 2.82. The molecular weight excluding hydrogens is 318 g/mol. The first-order valence-corrected chi connectivity index (χ1v) is 8.22. The lowest BCUT2D eigenvalue weighted by Crippen LogP contribution is -2.45. The molecule has 0 saturated heterocycles. The van der Waals surface area contributed by atoms with Crippen molar-refractivity contribution in [3.05, 3.63) is 11.1 Å². The molecule has 1 rings (SSSR count). The van der Waals surface area contributed by atoms with E-state index < -0.39 is 11.7 Å². The van der Waals surface area contributed by atoms with Crippen molar-refractivity contribution in [1.82, 2.24) is 9.99 Å². The zero-order chi connectivity index (χ0) is 17.6. The average molecular weight is 343 g/mol. The summed E-state index contributed by atoms with van der Waals surface area (Å²) in [5, 5.41) is 1.96. The number of methoxy groups -OCH3 is 1. The van der Waals surface area contributed by atoms with E-state index in [1.54, 1.807) is 27.0 Å². The summed E-state index contributed by atoms with van der Waals surface area (Å²) in [6.45, 7) is 9.17. The van der Waals surface area contributed by atoms with Crippen LogP contribution in [0.1, 0.15) is 45.4 Å². The van der Waals surface area contributed by atoms with E-state index in [-0.39, 0.29) is 18.4 Å². The summed E-state index contributed by atoms with van der Waals surface area (Å²) in [4.78, 5) is 29.0. The minimum atomic E-state index is -0.613. The summed E-state index contributed by atoms with van der Waals surface area (Å²) in [6, 6.07) is -0.270. The molecule has 1 aromatic heterocycles. The molecule has 0 radical (unpaired) electrons. The van der Waals surface area contributed by atoms with Crippen molar-refractivity contribution in [3.63, 3.8) is 0 Å². The summed E-state index contributed by atoms with van der Waals surface area (Å²) in [5.41, 5.74) is 2.36. The fourth-order valence-corrected chi connectivity index (χ4v) is 2.37. The first-order valence-electron chi connectivity index (χ1n) is 7.40. The number of aryl methyl sites for hydroxylation is 1. The highest BCUT2D eigenvalue weighted by atomic mass is 32.1. The van der Waals surface area contributed by atoms with Gasteiger partial charge in [0.2, 0.25) is 5.13 Å². The van der Waals surface area contributed by atoms with E-state index in [0.717, 1.165) is 4.88 Å². The number of nitrogens with zero attached hydrogens (tertiary/aromatic N) is 2. The zero-order valence-corrected chi connectivity index (χ0v) is 15.3. The number of amides is 1. The van der Waals surface area contributed by atoms with Gasteiger partial charge < -0.3 is 9.47 Å². The van der Waals surface area contributed by atoms with E-state index in [9.17, 15) is 9.59 Å². The molecule has 23 heavy (non-hydrogen) atoms. The van der Waals surface area contributed by atoms with Gasteiger partial charge in [-0.05, 0) is 41.0 Å². The normalized spacial score (nSPS) is 12.4. The van der Waals surface area contributed by atoms with E-state index in [0.29, 0.717) is 11.6 Å². The number of carbonyl (C=O) groups excluding carboxylic acids is 2. The molecule has 0 fully saturated rings. The van der Waals surface area contributed by atoms with Gasteiger partial charge in [0.25, 0.3) is 0 Å². The SMILES string of the molecule is COC(=O)CCC(C)N(Nc1ncc(C)s1)C(=O)OC(C)(C)C. The molecule has 0 aliphatic rings. The second-order valence-electron chi connectivity index (χ2n) is 6.20. The van der Waals surface area contributed by atoms with Crippen LogP contribution in [0.5, 0.6) is 0 Å². The maximum atomic E-state index is 12.4. The lowest BCUT2D eigenvalue weighted by molar-refractivity contribution is -0.141. The Kier molecular flexibility index (Phi) is 6.80. The van der Waals surface area contributed by atoms with Crippen LogP contribution in [0.25, 0.3) is 0 Å². The summed E-state index contributed by atoms with van der Waals surface area (Å²) < 4.78 is 10.1. The molecule has 1 atom stereocenters. The fourth-order valence-electron chi connectivity index (χ4n) is 1.71. The number of rotatable bonds is 6. The Labute approximate surface area is 141 Å². The van der Waals surface area contributed by atoms with E-state index in [2.05, 4.69) is 15.1 Å². The van der Waals surface area contributed by atoms with Crippen molar-refractivity contribution < 1.29 is 19.1 Å². The summed E-state index contributed by atoms with van der Waals surface area (Å²) >= 11 is 1.43. The minimum Gasteiger partial charge on any atom is -0.469 e. The van der Waals surface area contributed by atoms with Crippen molar-refractivity contribution in [2.75, 3.05) is 12.5 Å². The lowest BCUT2D eigenvalue weighted by Gasteiger charge is -2.31. The Morgan fingerprint density at radius 3 is 2.57 bits per heavy atom. The Morgan fingerprint density at radius 1 is 1.43 bits per heavy atom. The second-order valence-corrected chi connectivity index (χ2v) is 7.44. The number of aromatic nitrogens is 1. The number of hydrazine groups is 1. The second kappa shape index (κ2) is 8.14. The standard InChI is InChI=1S/C15H25N3O4S/c1-10(7-8-12(19)21-6)18(14(20)22-15(3,4)5)17-13-16-9-11(2)23-13/h9-10H,7-8H2,1-6H3,(H,16,17). The van der Waals surface area contributed by atoms with Crippen LogP contribution in [-0.2, 0) is 14.3 Å². The molecule has 0 bridgehead atoms. The van der Waals surface area contributed by atoms with Crippen molar-refractivity contribution >= 4 is 28.5 Å². The van der Waals surface area contributed by atoms with Crippen molar-refractivity contribution in [2.24, 2.45) is 0 Å². The van der Waals surface area contributed by atoms with Gasteiger partial charge in [-0.15, -0.1) is 11.3 Å². The molecule has 1 heterocycles. The van der Waals surface area contributed by atoms with Gasteiger partial charge in [0.1, 0.15) is 5.60 Å². The maximum absolute atomic E-state index is 12.4. The smallest absolute Gasteiger partial charge is 0.429 e. The van der Waals surface area contributed by atoms with Gasteiger partial charge in [-0.2, -0.15) is 0 Å². The molecule has 0 saturated carbocycles. The van der Waals surface area contributed by atoms with Crippen molar-refractivity contribution in [1.29, 1.82) is 0 Å². The van der Waals surface area contributed by atoms with Crippen LogP contribution < -0.4 is 5.43 Å². The van der Waals surface area contributed by atoms with Gasteiger partial charge in [-0.3, -0.25) is 10.2 Å². The largest absolute Gasteiger partial charge is 0.469 e. The van der Waals surface area contributed by atoms with Crippen molar-refractivity contribution in [2.45, 2.75) is 59.1 Å². The predicted molar refractivity (Wildman–Crippen MR) is 89.3 cm³/mol. The molecule has 1 N–H and O–H groups in total. The molecule has 1 unspecified atom stereocenters. The zero-order valence-electron chi connectivity index (χ0n) is 14.5. The predicted octanol–water partition coefficient (Wildman–Crippen LogP) is 3.36. The third-order valence-corrected chi connectivity index (χ3v) is 3.68. The van der Waals surface area contributed by atoms with Gasteiger partial charge in [0, 0.05) is 17.5 Å². The molecule has 1 amide bonds. The number of hydrogen-bond donors (Lipinski definition) is 1. The Morgan fingerprint density at radius 2 is 2.09 bits per heavy atom. The topological polar surface area (TPSA) is 80.8 Å². The van der Waals surface area contributed by atoms with E-state index in [1.165, 1.54) is 23.5 Å². The van der Waals surface area contributed by atoms with Gasteiger partial charge >= 0.3 is 12.1 Å². The molecule has 0 aliphatic carbocycles. The molecule has 130 valence electrons. The number of nitrogens with one attached hydrogen (secondary N) is 1. The summed E-state index contributed by atoms with van der Waals surface area (Å²) in [7, 11) is 1.34. The van der Waals surface area contributed by atoms with Crippen LogP contribution in [0.2, 0.25) is 0 Å². The quantitative estimate of drug-likeness (QED) is 0.630. The van der Waals surface area contributed by atoms with Gasteiger partial charge in [-0.25, -0.2) is 14.8 Å². The Hall–Kier alpha value is -1.83.